The molecule has 9 heteroatoms. The van der Waals surface area contributed by atoms with Crippen molar-refractivity contribution >= 4 is 29.2 Å². The van der Waals surface area contributed by atoms with E-state index in [4.69, 9.17) is 4.74 Å². The maximum Gasteiger partial charge on any atom is 0.338 e. The minimum Gasteiger partial charge on any atom is -0.452 e. The lowest BCUT2D eigenvalue weighted by atomic mass is 10.1. The Hall–Kier alpha value is -3.75. The minimum atomic E-state index is -0.852. The number of nitro benzene ring substituents is 1. The van der Waals surface area contributed by atoms with E-state index in [1.807, 2.05) is 0 Å². The van der Waals surface area contributed by atoms with Crippen LogP contribution >= 0.6 is 0 Å². The van der Waals surface area contributed by atoms with Crippen LogP contribution < -0.4 is 10.6 Å². The topological polar surface area (TPSA) is 128 Å². The standard InChI is InChI=1S/C19H19N3O6/c1-3-20-18(24)13-5-4-6-15(9-13)21-17(23)11-28-19(25)14-8-7-12(2)16(10-14)22(26)27/h4-10H,3,11H2,1-2H3,(H,20,24)(H,21,23). The van der Waals surface area contributed by atoms with Gasteiger partial charge in [-0.05, 0) is 38.1 Å². The van der Waals surface area contributed by atoms with Crippen molar-refractivity contribution in [2.45, 2.75) is 13.8 Å². The highest BCUT2D eigenvalue weighted by atomic mass is 16.6. The fraction of sp³-hybridized carbons (Fsp3) is 0.211. The van der Waals surface area contributed by atoms with Crippen LogP contribution in [-0.4, -0.2) is 35.9 Å². The molecule has 0 aromatic heterocycles. The number of nitrogens with one attached hydrogen (secondary N) is 2. The summed E-state index contributed by atoms with van der Waals surface area (Å²) in [5.74, 6) is -1.73. The summed E-state index contributed by atoms with van der Waals surface area (Å²) in [5, 5.41) is 16.1. The molecule has 2 amide bonds. The number of nitro groups is 1. The molecule has 0 saturated heterocycles. The molecule has 0 spiro atoms. The molecule has 2 aromatic carbocycles. The van der Waals surface area contributed by atoms with E-state index in [9.17, 15) is 24.5 Å². The smallest absolute Gasteiger partial charge is 0.338 e. The van der Waals surface area contributed by atoms with E-state index < -0.39 is 23.4 Å². The van der Waals surface area contributed by atoms with Gasteiger partial charge in [0.1, 0.15) is 0 Å². The first kappa shape index (κ1) is 20.6. The number of rotatable bonds is 7. The second-order valence-corrected chi connectivity index (χ2v) is 5.82. The van der Waals surface area contributed by atoms with Gasteiger partial charge in [0.05, 0.1) is 10.5 Å². The van der Waals surface area contributed by atoms with Crippen molar-refractivity contribution in [1.29, 1.82) is 0 Å². The molecule has 0 fully saturated rings. The highest BCUT2D eigenvalue weighted by Crippen LogP contribution is 2.19. The van der Waals surface area contributed by atoms with E-state index in [2.05, 4.69) is 10.6 Å². The molecular formula is C19H19N3O6. The number of hydrogen-bond acceptors (Lipinski definition) is 6. The van der Waals surface area contributed by atoms with Gasteiger partial charge in [-0.25, -0.2) is 4.79 Å². The van der Waals surface area contributed by atoms with Gasteiger partial charge < -0.3 is 15.4 Å². The number of ether oxygens (including phenoxy) is 1. The summed E-state index contributed by atoms with van der Waals surface area (Å²) in [6.07, 6.45) is 0. The Kier molecular flexibility index (Phi) is 6.80. The van der Waals surface area contributed by atoms with Gasteiger partial charge in [0, 0.05) is 29.4 Å². The van der Waals surface area contributed by atoms with Gasteiger partial charge in [-0.1, -0.05) is 12.1 Å². The summed E-state index contributed by atoms with van der Waals surface area (Å²) in [7, 11) is 0. The van der Waals surface area contributed by atoms with E-state index in [0.717, 1.165) is 6.07 Å². The second-order valence-electron chi connectivity index (χ2n) is 5.82. The summed E-state index contributed by atoms with van der Waals surface area (Å²) in [5.41, 5.74) is 0.926. The number of nitrogens with zero attached hydrogens (tertiary/aromatic N) is 1. The Labute approximate surface area is 160 Å². The predicted molar refractivity (Wildman–Crippen MR) is 101 cm³/mol. The van der Waals surface area contributed by atoms with Crippen LogP contribution in [0.25, 0.3) is 0 Å². The van der Waals surface area contributed by atoms with Gasteiger partial charge in [-0.15, -0.1) is 0 Å². The third-order valence-electron chi connectivity index (χ3n) is 3.72. The SMILES string of the molecule is CCNC(=O)c1cccc(NC(=O)COC(=O)c2ccc(C)c([N+](=O)[O-])c2)c1. The van der Waals surface area contributed by atoms with Gasteiger partial charge in [0.25, 0.3) is 17.5 Å². The molecule has 0 heterocycles. The number of carbonyl (C=O) groups excluding carboxylic acids is 3. The number of hydrogen-bond donors (Lipinski definition) is 2. The first-order chi connectivity index (χ1) is 13.3. The lowest BCUT2D eigenvalue weighted by molar-refractivity contribution is -0.385. The molecule has 0 aliphatic heterocycles. The Morgan fingerprint density at radius 1 is 1.11 bits per heavy atom. The number of benzene rings is 2. The quantitative estimate of drug-likeness (QED) is 0.428. The molecule has 2 aromatic rings. The minimum absolute atomic E-state index is 0.0247. The number of aryl methyl sites for hydroxylation is 1. The van der Waals surface area contributed by atoms with Gasteiger partial charge in [-0.3, -0.25) is 19.7 Å². The van der Waals surface area contributed by atoms with E-state index >= 15 is 0 Å². The van der Waals surface area contributed by atoms with Gasteiger partial charge in [0.2, 0.25) is 0 Å². The fourth-order valence-corrected chi connectivity index (χ4v) is 2.35. The molecule has 28 heavy (non-hydrogen) atoms. The molecule has 2 rings (SSSR count). The van der Waals surface area contributed by atoms with Gasteiger partial charge in [-0.2, -0.15) is 0 Å². The molecule has 0 saturated carbocycles. The van der Waals surface area contributed by atoms with Crippen molar-refractivity contribution in [3.05, 3.63) is 69.3 Å². The largest absolute Gasteiger partial charge is 0.452 e. The van der Waals surface area contributed by atoms with Crippen molar-refractivity contribution < 1.29 is 24.0 Å². The first-order valence-corrected chi connectivity index (χ1v) is 8.42. The highest BCUT2D eigenvalue weighted by molar-refractivity contribution is 5.98. The zero-order valence-corrected chi connectivity index (χ0v) is 15.4. The molecule has 146 valence electrons. The van der Waals surface area contributed by atoms with E-state index in [1.165, 1.54) is 18.2 Å². The van der Waals surface area contributed by atoms with Crippen LogP contribution in [0.3, 0.4) is 0 Å². The molecule has 2 N–H and O–H groups in total. The first-order valence-electron chi connectivity index (χ1n) is 8.42. The van der Waals surface area contributed by atoms with Crippen LogP contribution in [-0.2, 0) is 9.53 Å². The van der Waals surface area contributed by atoms with Crippen LogP contribution in [0.15, 0.2) is 42.5 Å². The predicted octanol–water partition coefficient (Wildman–Crippen LogP) is 2.45. The molecule has 0 aliphatic carbocycles. The monoisotopic (exact) mass is 385 g/mol. The second kappa shape index (κ2) is 9.26. The Morgan fingerprint density at radius 2 is 1.86 bits per heavy atom. The number of amides is 2. The van der Waals surface area contributed by atoms with Crippen molar-refractivity contribution in [2.75, 3.05) is 18.5 Å². The zero-order chi connectivity index (χ0) is 20.7. The number of anilines is 1. The fourth-order valence-electron chi connectivity index (χ4n) is 2.35. The summed E-state index contributed by atoms with van der Waals surface area (Å²) >= 11 is 0. The Morgan fingerprint density at radius 3 is 2.54 bits per heavy atom. The van der Waals surface area contributed by atoms with Crippen LogP contribution in [0.1, 0.15) is 33.2 Å². The Balaban J connectivity index is 1.96. The van der Waals surface area contributed by atoms with Crippen LogP contribution in [0.5, 0.6) is 0 Å². The molecule has 9 nitrogen and oxygen atoms in total. The Bertz CT molecular complexity index is 926. The van der Waals surface area contributed by atoms with Crippen molar-refractivity contribution in [1.82, 2.24) is 5.32 Å². The zero-order valence-electron chi connectivity index (χ0n) is 15.4. The van der Waals surface area contributed by atoms with E-state index in [-0.39, 0.29) is 17.2 Å². The molecule has 0 aliphatic rings. The van der Waals surface area contributed by atoms with Crippen molar-refractivity contribution in [3.63, 3.8) is 0 Å². The van der Waals surface area contributed by atoms with Crippen LogP contribution in [0.2, 0.25) is 0 Å². The number of esters is 1. The third kappa shape index (κ3) is 5.37. The van der Waals surface area contributed by atoms with Crippen LogP contribution in [0, 0.1) is 17.0 Å². The number of carbonyl (C=O) groups is 3. The molecule has 0 atom stereocenters. The van der Waals surface area contributed by atoms with Crippen molar-refractivity contribution in [2.24, 2.45) is 0 Å². The van der Waals surface area contributed by atoms with Crippen LogP contribution in [0.4, 0.5) is 11.4 Å². The average Bonchev–Trinajstić information content (AvgIpc) is 2.66. The molecular weight excluding hydrogens is 366 g/mol. The summed E-state index contributed by atoms with van der Waals surface area (Å²) < 4.78 is 4.90. The van der Waals surface area contributed by atoms with Gasteiger partial charge in [0.15, 0.2) is 6.61 Å². The molecule has 0 radical (unpaired) electrons. The molecule has 0 bridgehead atoms. The third-order valence-corrected chi connectivity index (χ3v) is 3.72. The average molecular weight is 385 g/mol. The molecule has 0 unspecified atom stereocenters. The highest BCUT2D eigenvalue weighted by Gasteiger charge is 2.17. The summed E-state index contributed by atoms with van der Waals surface area (Å²) in [4.78, 5) is 46.2. The van der Waals surface area contributed by atoms with E-state index in [0.29, 0.717) is 23.4 Å². The summed E-state index contributed by atoms with van der Waals surface area (Å²) in [6, 6.07) is 10.2. The van der Waals surface area contributed by atoms with Crippen molar-refractivity contribution in [3.8, 4) is 0 Å². The summed E-state index contributed by atoms with van der Waals surface area (Å²) in [6.45, 7) is 3.24. The van der Waals surface area contributed by atoms with E-state index in [1.54, 1.807) is 32.0 Å². The lowest BCUT2D eigenvalue weighted by Gasteiger charge is -2.08. The maximum absolute atomic E-state index is 12.0. The normalized spacial score (nSPS) is 10.1. The maximum atomic E-state index is 12.0. The lowest BCUT2D eigenvalue weighted by Crippen LogP contribution is -2.23. The van der Waals surface area contributed by atoms with Gasteiger partial charge >= 0.3 is 5.97 Å².